The highest BCUT2D eigenvalue weighted by atomic mass is 16.6. The van der Waals surface area contributed by atoms with Gasteiger partial charge in [0.05, 0.1) is 18.5 Å². The fraction of sp³-hybridized carbons (Fsp3) is 0.438. The van der Waals surface area contributed by atoms with Crippen LogP contribution in [0.25, 0.3) is 0 Å². The molecule has 0 atom stereocenters. The maximum absolute atomic E-state index is 13.5. The molecule has 2 aliphatic heterocycles. The molecule has 8 heteroatoms. The molecule has 1 aromatic heterocycles. The Morgan fingerprint density at radius 1 is 0.950 bits per heavy atom. The van der Waals surface area contributed by atoms with Crippen LogP contribution in [-0.2, 0) is 16.1 Å². The summed E-state index contributed by atoms with van der Waals surface area (Å²) in [7, 11) is 0. The lowest BCUT2D eigenvalue weighted by molar-refractivity contribution is -0.160. The van der Waals surface area contributed by atoms with Gasteiger partial charge in [-0.3, -0.25) is 9.59 Å². The van der Waals surface area contributed by atoms with E-state index >= 15 is 0 Å². The number of nitrogens with zero attached hydrogens (tertiary/aromatic N) is 4. The molecule has 0 aliphatic carbocycles. The average Bonchev–Trinajstić information content (AvgIpc) is 3.28. The van der Waals surface area contributed by atoms with Crippen molar-refractivity contribution in [1.29, 1.82) is 0 Å². The number of nitrogens with one attached hydrogen (secondary N) is 1. The van der Waals surface area contributed by atoms with Gasteiger partial charge in [-0.2, -0.15) is 4.98 Å². The van der Waals surface area contributed by atoms with Gasteiger partial charge in [-0.05, 0) is 58.6 Å². The predicted molar refractivity (Wildman–Crippen MR) is 156 cm³/mol. The van der Waals surface area contributed by atoms with E-state index in [9.17, 15) is 9.59 Å². The number of aromatic nitrogens is 2. The minimum Gasteiger partial charge on any atom is -0.460 e. The SMILES string of the molecule is CC(C)N1Cc2c(NC(c3ccccc3)c3ccccc3)nc(N3CCC(C(=O)OC(C)(C)C)CC3)nc2C1=O. The normalized spacial score (nSPS) is 16.0. The van der Waals surface area contributed by atoms with Gasteiger partial charge >= 0.3 is 5.97 Å². The Morgan fingerprint density at radius 2 is 1.52 bits per heavy atom. The van der Waals surface area contributed by atoms with Crippen LogP contribution in [0.4, 0.5) is 11.8 Å². The van der Waals surface area contributed by atoms with Gasteiger partial charge in [0.15, 0.2) is 0 Å². The fourth-order valence-electron chi connectivity index (χ4n) is 5.34. The molecular weight excluding hydrogens is 502 g/mol. The van der Waals surface area contributed by atoms with Crippen LogP contribution in [0.5, 0.6) is 0 Å². The average molecular weight is 542 g/mol. The molecule has 3 aromatic rings. The van der Waals surface area contributed by atoms with Crippen LogP contribution >= 0.6 is 0 Å². The second-order valence-corrected chi connectivity index (χ2v) is 11.9. The standard InChI is InChI=1S/C32H39N5O3/c1-21(2)37-20-25-27(29(37)38)34-31(36-18-16-24(17-19-36)30(39)40-32(3,4)5)35-28(25)33-26(22-12-8-6-9-13-22)23-14-10-7-11-15-23/h6-15,21,24,26H,16-20H2,1-5H3,(H,33,34,35). The quantitative estimate of drug-likeness (QED) is 0.390. The van der Waals surface area contributed by atoms with Crippen molar-refractivity contribution in [3.05, 3.63) is 83.0 Å². The van der Waals surface area contributed by atoms with E-state index in [2.05, 4.69) is 34.5 Å². The summed E-state index contributed by atoms with van der Waals surface area (Å²) in [5.74, 6) is 0.810. The molecule has 0 radical (unpaired) electrons. The number of hydrogen-bond acceptors (Lipinski definition) is 7. The number of rotatable bonds is 7. The molecule has 2 aliphatic rings. The largest absolute Gasteiger partial charge is 0.460 e. The molecular formula is C32H39N5O3. The van der Waals surface area contributed by atoms with Gasteiger partial charge in [-0.1, -0.05) is 60.7 Å². The molecule has 210 valence electrons. The maximum Gasteiger partial charge on any atom is 0.309 e. The lowest BCUT2D eigenvalue weighted by atomic mass is 9.97. The lowest BCUT2D eigenvalue weighted by Crippen LogP contribution is -2.39. The Morgan fingerprint density at radius 3 is 2.05 bits per heavy atom. The van der Waals surface area contributed by atoms with Crippen molar-refractivity contribution in [3.63, 3.8) is 0 Å². The molecule has 8 nitrogen and oxygen atoms in total. The number of carbonyl (C=O) groups excluding carboxylic acids is 2. The van der Waals surface area contributed by atoms with E-state index in [1.54, 1.807) is 0 Å². The highest BCUT2D eigenvalue weighted by Crippen LogP contribution is 2.35. The van der Waals surface area contributed by atoms with Crippen LogP contribution in [0.2, 0.25) is 0 Å². The van der Waals surface area contributed by atoms with Crippen molar-refractivity contribution in [2.45, 2.75) is 71.7 Å². The number of hydrogen-bond donors (Lipinski definition) is 1. The first-order chi connectivity index (χ1) is 19.1. The van der Waals surface area contributed by atoms with E-state index in [1.807, 2.05) is 75.9 Å². The second-order valence-electron chi connectivity index (χ2n) is 11.9. The zero-order valence-corrected chi connectivity index (χ0v) is 24.1. The molecule has 2 aromatic carbocycles. The highest BCUT2D eigenvalue weighted by Gasteiger charge is 2.36. The summed E-state index contributed by atoms with van der Waals surface area (Å²) in [6.45, 7) is 11.4. The Kier molecular flexibility index (Phi) is 7.79. The van der Waals surface area contributed by atoms with Crippen LogP contribution in [-0.4, -0.2) is 51.5 Å². The molecule has 3 heterocycles. The molecule has 0 unspecified atom stereocenters. The van der Waals surface area contributed by atoms with Gasteiger partial charge in [0, 0.05) is 24.7 Å². The topological polar surface area (TPSA) is 87.7 Å². The van der Waals surface area contributed by atoms with Gasteiger partial charge in [-0.25, -0.2) is 4.98 Å². The van der Waals surface area contributed by atoms with Crippen LogP contribution in [0.1, 0.15) is 80.7 Å². The number of anilines is 2. The van der Waals surface area contributed by atoms with Crippen molar-refractivity contribution in [1.82, 2.24) is 14.9 Å². The maximum atomic E-state index is 13.5. The van der Waals surface area contributed by atoms with Crippen LogP contribution in [0.3, 0.4) is 0 Å². The number of amides is 1. The smallest absolute Gasteiger partial charge is 0.309 e. The molecule has 1 saturated heterocycles. The van der Waals surface area contributed by atoms with Crippen LogP contribution in [0.15, 0.2) is 60.7 Å². The monoisotopic (exact) mass is 541 g/mol. The molecule has 1 N–H and O–H groups in total. The van der Waals surface area contributed by atoms with E-state index < -0.39 is 5.60 Å². The third-order valence-electron chi connectivity index (χ3n) is 7.48. The number of piperidine rings is 1. The molecule has 0 bridgehead atoms. The highest BCUT2D eigenvalue weighted by molar-refractivity contribution is 5.98. The van der Waals surface area contributed by atoms with Crippen molar-refractivity contribution in [2.24, 2.45) is 5.92 Å². The van der Waals surface area contributed by atoms with E-state index in [0.29, 0.717) is 49.9 Å². The predicted octanol–water partition coefficient (Wildman–Crippen LogP) is 5.60. The van der Waals surface area contributed by atoms with Gasteiger partial charge in [-0.15, -0.1) is 0 Å². The molecule has 0 saturated carbocycles. The van der Waals surface area contributed by atoms with Crippen molar-refractivity contribution >= 4 is 23.6 Å². The van der Waals surface area contributed by atoms with Crippen LogP contribution in [0, 0.1) is 5.92 Å². The van der Waals surface area contributed by atoms with Crippen LogP contribution < -0.4 is 10.2 Å². The Balaban J connectivity index is 1.47. The summed E-state index contributed by atoms with van der Waals surface area (Å²) < 4.78 is 5.62. The molecule has 1 amide bonds. The third-order valence-corrected chi connectivity index (χ3v) is 7.48. The van der Waals surface area contributed by atoms with Crippen molar-refractivity contribution in [2.75, 3.05) is 23.3 Å². The summed E-state index contributed by atoms with van der Waals surface area (Å²) in [5, 5.41) is 3.69. The lowest BCUT2D eigenvalue weighted by Gasteiger charge is -2.33. The summed E-state index contributed by atoms with van der Waals surface area (Å²) in [6, 6.07) is 20.4. The van der Waals surface area contributed by atoms with Crippen molar-refractivity contribution < 1.29 is 14.3 Å². The molecule has 1 fully saturated rings. The van der Waals surface area contributed by atoms with E-state index in [0.717, 1.165) is 16.7 Å². The summed E-state index contributed by atoms with van der Waals surface area (Å²) in [5.41, 5.74) is 2.98. The van der Waals surface area contributed by atoms with Gasteiger partial charge in [0.1, 0.15) is 17.1 Å². The zero-order valence-electron chi connectivity index (χ0n) is 24.1. The Hall–Kier alpha value is -3.94. The minimum atomic E-state index is -0.505. The minimum absolute atomic E-state index is 0.0432. The molecule has 0 spiro atoms. The second kappa shape index (κ2) is 11.3. The van der Waals surface area contributed by atoms with E-state index in [4.69, 9.17) is 14.7 Å². The molecule has 40 heavy (non-hydrogen) atoms. The first-order valence-electron chi connectivity index (χ1n) is 14.2. The fourth-order valence-corrected chi connectivity index (χ4v) is 5.34. The number of benzene rings is 2. The number of fused-ring (bicyclic) bond motifs is 1. The van der Waals surface area contributed by atoms with E-state index in [1.165, 1.54) is 0 Å². The first-order valence-corrected chi connectivity index (χ1v) is 14.2. The summed E-state index contributed by atoms with van der Waals surface area (Å²) in [6.07, 6.45) is 1.31. The van der Waals surface area contributed by atoms with Gasteiger partial charge < -0.3 is 19.9 Å². The number of carbonyl (C=O) groups is 2. The number of ether oxygens (including phenoxy) is 1. The first kappa shape index (κ1) is 27.6. The van der Waals surface area contributed by atoms with Gasteiger partial charge in [0.2, 0.25) is 5.95 Å². The Labute approximate surface area is 236 Å². The Bertz CT molecular complexity index is 1310. The summed E-state index contributed by atoms with van der Waals surface area (Å²) in [4.78, 5) is 39.9. The molecule has 5 rings (SSSR count). The third kappa shape index (κ3) is 5.96. The van der Waals surface area contributed by atoms with Gasteiger partial charge in [0.25, 0.3) is 5.91 Å². The number of esters is 1. The van der Waals surface area contributed by atoms with E-state index in [-0.39, 0.29) is 29.9 Å². The summed E-state index contributed by atoms with van der Waals surface area (Å²) >= 11 is 0. The zero-order chi connectivity index (χ0) is 28.4. The van der Waals surface area contributed by atoms with Crippen molar-refractivity contribution in [3.8, 4) is 0 Å².